The molecule has 0 spiro atoms. The molecule has 0 aromatic carbocycles. The molecule has 1 aliphatic rings. The van der Waals surface area contributed by atoms with Gasteiger partial charge < -0.3 is 5.73 Å². The van der Waals surface area contributed by atoms with Gasteiger partial charge in [-0.1, -0.05) is 0 Å². The molecule has 1 nitrogen and oxygen atoms in total. The molecule has 2 atom stereocenters. The highest BCUT2D eigenvalue weighted by Crippen LogP contribution is 2.19. The smallest absolute Gasteiger partial charge is 0.102 e. The van der Waals surface area contributed by atoms with Gasteiger partial charge in [-0.15, -0.1) is 0 Å². The van der Waals surface area contributed by atoms with Crippen LogP contribution in [0.3, 0.4) is 0 Å². The first kappa shape index (κ1) is 5.04. The Labute approximate surface area is 42.7 Å². The van der Waals surface area contributed by atoms with Crippen molar-refractivity contribution in [3.63, 3.8) is 0 Å². The summed E-state index contributed by atoms with van der Waals surface area (Å²) in [5.41, 5.74) is 5.39. The molecule has 2 heteroatoms. The summed E-state index contributed by atoms with van der Waals surface area (Å²) in [6.07, 6.45) is 1.54. The topological polar surface area (TPSA) is 26.0 Å². The molecule has 0 amide bonds. The fourth-order valence-corrected chi connectivity index (χ4v) is 0.959. The van der Waals surface area contributed by atoms with Gasteiger partial charge in [0.2, 0.25) is 0 Å². The van der Waals surface area contributed by atoms with Crippen LogP contribution < -0.4 is 5.73 Å². The van der Waals surface area contributed by atoms with Crippen LogP contribution in [-0.4, -0.2) is 12.2 Å². The zero-order chi connectivity index (χ0) is 5.28. The third-order valence-corrected chi connectivity index (χ3v) is 1.41. The molecule has 7 heavy (non-hydrogen) atoms. The van der Waals surface area contributed by atoms with Gasteiger partial charge in [-0.25, -0.2) is 4.39 Å². The number of halogens is 1. The van der Waals surface area contributed by atoms with E-state index in [1.54, 1.807) is 0 Å². The monoisotopic (exact) mass is 103 g/mol. The summed E-state index contributed by atoms with van der Waals surface area (Å²) in [7, 11) is 0. The lowest BCUT2D eigenvalue weighted by Crippen LogP contribution is -2.14. The maximum atomic E-state index is 12.1. The zero-order valence-corrected chi connectivity index (χ0v) is 4.23. The van der Waals surface area contributed by atoms with Crippen LogP contribution in [0.5, 0.6) is 0 Å². The van der Waals surface area contributed by atoms with E-state index >= 15 is 0 Å². The van der Waals surface area contributed by atoms with Crippen molar-refractivity contribution in [2.75, 3.05) is 0 Å². The van der Waals surface area contributed by atoms with Gasteiger partial charge in [-0.2, -0.15) is 0 Å². The first-order valence-electron chi connectivity index (χ1n) is 2.68. The molecule has 42 valence electrons. The van der Waals surface area contributed by atoms with Crippen LogP contribution in [0.1, 0.15) is 19.3 Å². The van der Waals surface area contributed by atoms with Crippen molar-refractivity contribution in [1.82, 2.24) is 0 Å². The number of nitrogens with two attached hydrogens (primary N) is 1. The van der Waals surface area contributed by atoms with E-state index in [0.29, 0.717) is 12.8 Å². The van der Waals surface area contributed by atoms with Gasteiger partial charge in [0.25, 0.3) is 0 Å². The Morgan fingerprint density at radius 2 is 2.14 bits per heavy atom. The second-order valence-corrected chi connectivity index (χ2v) is 2.17. The molecule has 0 aromatic rings. The number of hydrogen-bond donors (Lipinski definition) is 1. The summed E-state index contributed by atoms with van der Waals surface area (Å²) in [5.74, 6) is 0. The summed E-state index contributed by atoms with van der Waals surface area (Å²) in [4.78, 5) is 0. The molecule has 0 aromatic heterocycles. The average Bonchev–Trinajstić information content (AvgIpc) is 1.87. The van der Waals surface area contributed by atoms with Gasteiger partial charge in [0.05, 0.1) is 0 Å². The van der Waals surface area contributed by atoms with Crippen molar-refractivity contribution in [3.8, 4) is 0 Å². The first-order chi connectivity index (χ1) is 3.29. The highest BCUT2D eigenvalue weighted by Gasteiger charge is 2.19. The number of rotatable bonds is 0. The molecule has 2 N–H and O–H groups in total. The van der Waals surface area contributed by atoms with Gasteiger partial charge in [-0.3, -0.25) is 0 Å². The Kier molecular flexibility index (Phi) is 1.28. The zero-order valence-electron chi connectivity index (χ0n) is 4.23. The SMILES string of the molecule is N[C@@H]1CC[C@@H](F)C1. The highest BCUT2D eigenvalue weighted by molar-refractivity contribution is 4.76. The number of hydrogen-bond acceptors (Lipinski definition) is 1. The fraction of sp³-hybridized carbons (Fsp3) is 1.00. The van der Waals surface area contributed by atoms with E-state index in [-0.39, 0.29) is 6.04 Å². The molecule has 0 aliphatic heterocycles. The molecule has 0 bridgehead atoms. The standard InChI is InChI=1S/C5H10FN/c6-4-1-2-5(7)3-4/h4-5H,1-3,7H2/t4-,5-/m1/s1. The Balaban J connectivity index is 2.26. The lowest BCUT2D eigenvalue weighted by Gasteiger charge is -1.94. The Hall–Kier alpha value is -0.110. The minimum absolute atomic E-state index is 0.148. The van der Waals surface area contributed by atoms with E-state index in [2.05, 4.69) is 0 Å². The summed E-state index contributed by atoms with van der Waals surface area (Å²) in [6, 6.07) is 0.148. The summed E-state index contributed by atoms with van der Waals surface area (Å²) >= 11 is 0. The molecular weight excluding hydrogens is 93.1 g/mol. The third-order valence-electron chi connectivity index (χ3n) is 1.41. The maximum Gasteiger partial charge on any atom is 0.102 e. The van der Waals surface area contributed by atoms with Gasteiger partial charge in [0.15, 0.2) is 0 Å². The minimum Gasteiger partial charge on any atom is -0.328 e. The first-order valence-corrected chi connectivity index (χ1v) is 2.68. The summed E-state index contributed by atoms with van der Waals surface area (Å²) in [5, 5.41) is 0. The van der Waals surface area contributed by atoms with Crippen LogP contribution in [-0.2, 0) is 0 Å². The normalized spacial score (nSPS) is 42.0. The lowest BCUT2D eigenvalue weighted by molar-refractivity contribution is 0.339. The molecular formula is C5H10FN. The van der Waals surface area contributed by atoms with Crippen molar-refractivity contribution in [1.29, 1.82) is 0 Å². The quantitative estimate of drug-likeness (QED) is 0.483. The van der Waals surface area contributed by atoms with E-state index < -0.39 is 6.17 Å². The van der Waals surface area contributed by atoms with Gasteiger partial charge in [0, 0.05) is 6.04 Å². The predicted molar refractivity (Wildman–Crippen MR) is 26.7 cm³/mol. The Morgan fingerprint density at radius 1 is 1.43 bits per heavy atom. The molecule has 1 fully saturated rings. The Morgan fingerprint density at radius 3 is 2.29 bits per heavy atom. The second kappa shape index (κ2) is 1.78. The molecule has 0 radical (unpaired) electrons. The van der Waals surface area contributed by atoms with Crippen molar-refractivity contribution < 1.29 is 4.39 Å². The van der Waals surface area contributed by atoms with Crippen LogP contribution >= 0.6 is 0 Å². The van der Waals surface area contributed by atoms with Crippen LogP contribution in [0.15, 0.2) is 0 Å². The van der Waals surface area contributed by atoms with E-state index in [1.807, 2.05) is 0 Å². The van der Waals surface area contributed by atoms with Gasteiger partial charge >= 0.3 is 0 Å². The molecule has 1 rings (SSSR count). The van der Waals surface area contributed by atoms with E-state index in [9.17, 15) is 4.39 Å². The average molecular weight is 103 g/mol. The van der Waals surface area contributed by atoms with E-state index in [4.69, 9.17) is 5.73 Å². The molecule has 0 heterocycles. The van der Waals surface area contributed by atoms with Crippen LogP contribution in [0.25, 0.3) is 0 Å². The molecule has 0 saturated heterocycles. The van der Waals surface area contributed by atoms with Crippen LogP contribution in [0.2, 0.25) is 0 Å². The van der Waals surface area contributed by atoms with E-state index in [1.165, 1.54) is 0 Å². The minimum atomic E-state index is -0.602. The largest absolute Gasteiger partial charge is 0.328 e. The number of alkyl halides is 1. The summed E-state index contributed by atoms with van der Waals surface area (Å²) < 4.78 is 12.1. The molecule has 1 saturated carbocycles. The molecule has 0 unspecified atom stereocenters. The van der Waals surface area contributed by atoms with Crippen molar-refractivity contribution in [3.05, 3.63) is 0 Å². The summed E-state index contributed by atoms with van der Waals surface area (Å²) in [6.45, 7) is 0. The lowest BCUT2D eigenvalue weighted by atomic mass is 10.3. The van der Waals surface area contributed by atoms with Crippen molar-refractivity contribution in [2.45, 2.75) is 31.5 Å². The van der Waals surface area contributed by atoms with E-state index in [0.717, 1.165) is 6.42 Å². The fourth-order valence-electron chi connectivity index (χ4n) is 0.959. The van der Waals surface area contributed by atoms with Gasteiger partial charge in [-0.05, 0) is 19.3 Å². The van der Waals surface area contributed by atoms with Gasteiger partial charge in [0.1, 0.15) is 6.17 Å². The van der Waals surface area contributed by atoms with Crippen LogP contribution in [0.4, 0.5) is 4.39 Å². The predicted octanol–water partition coefficient (Wildman–Crippen LogP) is 0.836. The molecule has 1 aliphatic carbocycles. The maximum absolute atomic E-state index is 12.1. The second-order valence-electron chi connectivity index (χ2n) is 2.17. The highest BCUT2D eigenvalue weighted by atomic mass is 19.1. The Bertz CT molecular complexity index is 57.1. The van der Waals surface area contributed by atoms with Crippen LogP contribution in [0, 0.1) is 0 Å². The third kappa shape index (κ3) is 1.13. The van der Waals surface area contributed by atoms with Crippen molar-refractivity contribution in [2.24, 2.45) is 5.73 Å². The van der Waals surface area contributed by atoms with Crippen molar-refractivity contribution >= 4 is 0 Å².